The van der Waals surface area contributed by atoms with E-state index in [-0.39, 0.29) is 6.10 Å². The van der Waals surface area contributed by atoms with Crippen LogP contribution in [0.4, 0.5) is 5.69 Å². The van der Waals surface area contributed by atoms with Crippen LogP contribution in [0.1, 0.15) is 29.2 Å². The highest BCUT2D eigenvalue weighted by atomic mass is 35.5. The van der Waals surface area contributed by atoms with Crippen LogP contribution in [0.2, 0.25) is 5.02 Å². The van der Waals surface area contributed by atoms with Crippen LogP contribution in [-0.4, -0.2) is 37.6 Å². The third-order valence-corrected chi connectivity index (χ3v) is 6.40. The van der Waals surface area contributed by atoms with Gasteiger partial charge in [0.05, 0.1) is 10.7 Å². The van der Waals surface area contributed by atoms with E-state index < -0.39 is 0 Å². The number of halogens is 1. The molecule has 3 nitrogen and oxygen atoms in total. The minimum atomic E-state index is 0.0459. The molecule has 0 aromatic heterocycles. The summed E-state index contributed by atoms with van der Waals surface area (Å²) in [6, 6.07) is 25.0. The van der Waals surface area contributed by atoms with Gasteiger partial charge in [0.15, 0.2) is 0 Å². The summed E-state index contributed by atoms with van der Waals surface area (Å²) >= 11 is 6.40. The van der Waals surface area contributed by atoms with E-state index in [1.807, 2.05) is 12.1 Å². The molecule has 0 radical (unpaired) electrons. The molecule has 1 aliphatic heterocycles. The Kier molecular flexibility index (Phi) is 7.16. The number of benzene rings is 3. The average molecular weight is 435 g/mol. The minimum absolute atomic E-state index is 0.0459. The molecular formula is C27H31ClN2O. The molecule has 31 heavy (non-hydrogen) atoms. The quantitative estimate of drug-likeness (QED) is 0.434. The van der Waals surface area contributed by atoms with Gasteiger partial charge in [0.2, 0.25) is 0 Å². The molecule has 1 saturated heterocycles. The third-order valence-electron chi connectivity index (χ3n) is 6.08. The lowest BCUT2D eigenvalue weighted by Crippen LogP contribution is -2.47. The summed E-state index contributed by atoms with van der Waals surface area (Å²) in [4.78, 5) is 4.93. The molecule has 1 atom stereocenters. The van der Waals surface area contributed by atoms with E-state index in [9.17, 15) is 0 Å². The van der Waals surface area contributed by atoms with Gasteiger partial charge in [-0.1, -0.05) is 60.1 Å². The Morgan fingerprint density at radius 1 is 0.871 bits per heavy atom. The maximum Gasteiger partial charge on any atom is 0.125 e. The van der Waals surface area contributed by atoms with E-state index in [4.69, 9.17) is 16.3 Å². The standard InChI is InChI=1S/C27H31ClN2O/c1-21-8-7-10-23(20-21)31-27(24-11-4-3-9-22(24)2)14-15-29-16-18-30(19-17-29)26-13-6-5-12-25(26)28/h3-13,20,27H,14-19H2,1-2H3. The molecule has 1 aliphatic rings. The second-order valence-corrected chi connectivity index (χ2v) is 8.76. The van der Waals surface area contributed by atoms with E-state index in [0.717, 1.165) is 55.6 Å². The van der Waals surface area contributed by atoms with Crippen LogP contribution < -0.4 is 9.64 Å². The summed E-state index contributed by atoms with van der Waals surface area (Å²) < 4.78 is 6.50. The molecule has 1 fully saturated rings. The number of piperazine rings is 1. The predicted octanol–water partition coefficient (Wildman–Crippen LogP) is 6.29. The lowest BCUT2D eigenvalue weighted by Gasteiger charge is -2.37. The summed E-state index contributed by atoms with van der Waals surface area (Å²) in [6.45, 7) is 9.36. The molecule has 3 aromatic rings. The van der Waals surface area contributed by atoms with Crippen molar-refractivity contribution >= 4 is 17.3 Å². The molecule has 0 N–H and O–H groups in total. The van der Waals surface area contributed by atoms with Gasteiger partial charge in [0.25, 0.3) is 0 Å². The van der Waals surface area contributed by atoms with Gasteiger partial charge < -0.3 is 9.64 Å². The first-order valence-corrected chi connectivity index (χ1v) is 11.5. The highest BCUT2D eigenvalue weighted by Gasteiger charge is 2.22. The number of rotatable bonds is 7. The van der Waals surface area contributed by atoms with Gasteiger partial charge in [0.1, 0.15) is 11.9 Å². The molecular weight excluding hydrogens is 404 g/mol. The summed E-state index contributed by atoms with van der Waals surface area (Å²) in [5.74, 6) is 0.941. The molecule has 0 saturated carbocycles. The van der Waals surface area contributed by atoms with Crippen LogP contribution in [0.5, 0.6) is 5.75 Å². The highest BCUT2D eigenvalue weighted by molar-refractivity contribution is 6.33. The number of ether oxygens (including phenoxy) is 1. The van der Waals surface area contributed by atoms with Crippen molar-refractivity contribution in [2.45, 2.75) is 26.4 Å². The maximum absolute atomic E-state index is 6.50. The number of nitrogens with zero attached hydrogens (tertiary/aromatic N) is 2. The molecule has 162 valence electrons. The monoisotopic (exact) mass is 434 g/mol. The number of para-hydroxylation sites is 1. The topological polar surface area (TPSA) is 15.7 Å². The van der Waals surface area contributed by atoms with Crippen LogP contribution in [0.3, 0.4) is 0 Å². The van der Waals surface area contributed by atoms with E-state index in [1.165, 1.54) is 16.7 Å². The van der Waals surface area contributed by atoms with Crippen molar-refractivity contribution in [3.8, 4) is 5.75 Å². The predicted molar refractivity (Wildman–Crippen MR) is 130 cm³/mol. The summed E-state index contributed by atoms with van der Waals surface area (Å²) in [6.07, 6.45) is 1.01. The largest absolute Gasteiger partial charge is 0.486 e. The second kappa shape index (κ2) is 10.2. The summed E-state index contributed by atoms with van der Waals surface area (Å²) in [5, 5.41) is 0.835. The van der Waals surface area contributed by atoms with Crippen LogP contribution in [0.15, 0.2) is 72.8 Å². The molecule has 0 aliphatic carbocycles. The molecule has 0 amide bonds. The molecule has 1 heterocycles. The SMILES string of the molecule is Cc1cccc(OC(CCN2CCN(c3ccccc3Cl)CC2)c2ccccc2C)c1. The van der Waals surface area contributed by atoms with E-state index in [0.29, 0.717) is 0 Å². The molecule has 3 aromatic carbocycles. The first-order chi connectivity index (χ1) is 15.1. The normalized spacial score (nSPS) is 15.6. The molecule has 4 heteroatoms. The van der Waals surface area contributed by atoms with Crippen molar-refractivity contribution in [1.29, 1.82) is 0 Å². The Morgan fingerprint density at radius 3 is 2.35 bits per heavy atom. The smallest absolute Gasteiger partial charge is 0.125 e. The number of anilines is 1. The lowest BCUT2D eigenvalue weighted by molar-refractivity contribution is 0.159. The number of aryl methyl sites for hydroxylation is 2. The fraction of sp³-hybridized carbons (Fsp3) is 0.333. The zero-order valence-electron chi connectivity index (χ0n) is 18.4. The Bertz CT molecular complexity index is 998. The Hall–Kier alpha value is -2.49. The van der Waals surface area contributed by atoms with Gasteiger partial charge in [-0.25, -0.2) is 0 Å². The van der Waals surface area contributed by atoms with Crippen LogP contribution >= 0.6 is 11.6 Å². The zero-order chi connectivity index (χ0) is 21.6. The summed E-state index contributed by atoms with van der Waals surface area (Å²) in [7, 11) is 0. The Balaban J connectivity index is 1.40. The van der Waals surface area contributed by atoms with E-state index >= 15 is 0 Å². The van der Waals surface area contributed by atoms with Crippen molar-refractivity contribution < 1.29 is 4.74 Å². The molecule has 0 bridgehead atoms. The van der Waals surface area contributed by atoms with Crippen molar-refractivity contribution in [2.24, 2.45) is 0 Å². The van der Waals surface area contributed by atoms with Crippen molar-refractivity contribution in [3.05, 3.63) is 94.5 Å². The number of hydrogen-bond acceptors (Lipinski definition) is 3. The van der Waals surface area contributed by atoms with Crippen LogP contribution in [-0.2, 0) is 0 Å². The van der Waals surface area contributed by atoms with Crippen molar-refractivity contribution in [2.75, 3.05) is 37.6 Å². The van der Waals surface area contributed by atoms with Gasteiger partial charge in [0, 0.05) is 39.1 Å². The van der Waals surface area contributed by atoms with Gasteiger partial charge in [-0.3, -0.25) is 4.90 Å². The first kappa shape index (κ1) is 21.7. The average Bonchev–Trinajstić information content (AvgIpc) is 2.78. The third kappa shape index (κ3) is 5.61. The van der Waals surface area contributed by atoms with Gasteiger partial charge in [-0.15, -0.1) is 0 Å². The van der Waals surface area contributed by atoms with Gasteiger partial charge in [-0.2, -0.15) is 0 Å². The van der Waals surface area contributed by atoms with Crippen LogP contribution in [0, 0.1) is 13.8 Å². The van der Waals surface area contributed by atoms with Crippen LogP contribution in [0.25, 0.3) is 0 Å². The van der Waals surface area contributed by atoms with E-state index in [2.05, 4.69) is 84.3 Å². The molecule has 4 rings (SSSR count). The maximum atomic E-state index is 6.50. The van der Waals surface area contributed by atoms with Gasteiger partial charge >= 0.3 is 0 Å². The Morgan fingerprint density at radius 2 is 1.61 bits per heavy atom. The fourth-order valence-corrected chi connectivity index (χ4v) is 4.55. The van der Waals surface area contributed by atoms with E-state index in [1.54, 1.807) is 0 Å². The number of hydrogen-bond donors (Lipinski definition) is 0. The minimum Gasteiger partial charge on any atom is -0.486 e. The lowest BCUT2D eigenvalue weighted by atomic mass is 10.0. The fourth-order valence-electron chi connectivity index (χ4n) is 4.30. The molecule has 0 spiro atoms. The first-order valence-electron chi connectivity index (χ1n) is 11.1. The Labute approximate surface area is 191 Å². The highest BCUT2D eigenvalue weighted by Crippen LogP contribution is 2.29. The van der Waals surface area contributed by atoms with Crippen molar-refractivity contribution in [1.82, 2.24) is 4.90 Å². The second-order valence-electron chi connectivity index (χ2n) is 8.35. The van der Waals surface area contributed by atoms with Gasteiger partial charge in [-0.05, 0) is 54.8 Å². The molecule has 1 unspecified atom stereocenters. The van der Waals surface area contributed by atoms with Crippen molar-refractivity contribution in [3.63, 3.8) is 0 Å². The summed E-state index contributed by atoms with van der Waals surface area (Å²) in [5.41, 5.74) is 4.92. The zero-order valence-corrected chi connectivity index (χ0v) is 19.2.